The van der Waals surface area contributed by atoms with Crippen LogP contribution in [-0.4, -0.2) is 25.2 Å². The third kappa shape index (κ3) is 4.16. The van der Waals surface area contributed by atoms with Crippen LogP contribution in [0.3, 0.4) is 0 Å². The molecule has 0 aliphatic carbocycles. The molecule has 0 radical (unpaired) electrons. The predicted octanol–water partition coefficient (Wildman–Crippen LogP) is 2.89. The summed E-state index contributed by atoms with van der Waals surface area (Å²) < 4.78 is 24.1. The number of sulfone groups is 1. The maximum atomic E-state index is 12.1. The fourth-order valence-electron chi connectivity index (χ4n) is 1.74. The Bertz CT molecular complexity index is 527. The van der Waals surface area contributed by atoms with Gasteiger partial charge in [0.25, 0.3) is 0 Å². The molecule has 0 heterocycles. The standard InChI is InChI=1S/C15H22O3S/c1-5-13-6-8-14(9-7-13)15(16)10-19(17,18)12(4)11(2)3/h6-9,11-12H,5,10H2,1-4H3. The van der Waals surface area contributed by atoms with Gasteiger partial charge in [0.15, 0.2) is 15.6 Å². The van der Waals surface area contributed by atoms with Gasteiger partial charge >= 0.3 is 0 Å². The molecule has 0 N–H and O–H groups in total. The normalized spacial score (nSPS) is 13.5. The number of rotatable bonds is 6. The van der Waals surface area contributed by atoms with Gasteiger partial charge in [0.05, 0.1) is 5.25 Å². The van der Waals surface area contributed by atoms with Gasteiger partial charge in [-0.1, -0.05) is 45.0 Å². The van der Waals surface area contributed by atoms with Gasteiger partial charge in [0, 0.05) is 5.56 Å². The van der Waals surface area contributed by atoms with E-state index in [4.69, 9.17) is 0 Å². The molecule has 106 valence electrons. The van der Waals surface area contributed by atoms with Crippen LogP contribution in [0.4, 0.5) is 0 Å². The van der Waals surface area contributed by atoms with Gasteiger partial charge < -0.3 is 0 Å². The summed E-state index contributed by atoms with van der Waals surface area (Å²) in [5.41, 5.74) is 1.60. The zero-order valence-electron chi connectivity index (χ0n) is 12.0. The molecule has 0 aliphatic heterocycles. The second-order valence-electron chi connectivity index (χ2n) is 5.23. The van der Waals surface area contributed by atoms with Crippen LogP contribution < -0.4 is 0 Å². The van der Waals surface area contributed by atoms with E-state index in [1.54, 1.807) is 19.1 Å². The zero-order valence-corrected chi connectivity index (χ0v) is 12.8. The van der Waals surface area contributed by atoms with Gasteiger partial charge in [-0.25, -0.2) is 8.42 Å². The lowest BCUT2D eigenvalue weighted by atomic mass is 10.1. The first-order chi connectivity index (χ1) is 8.77. The Hall–Kier alpha value is -1.16. The fraction of sp³-hybridized carbons (Fsp3) is 0.533. The van der Waals surface area contributed by atoms with E-state index in [-0.39, 0.29) is 11.7 Å². The van der Waals surface area contributed by atoms with Crippen molar-refractivity contribution in [2.75, 3.05) is 5.75 Å². The fourth-order valence-corrected chi connectivity index (χ4v) is 3.36. The molecule has 0 spiro atoms. The largest absolute Gasteiger partial charge is 0.293 e. The molecule has 3 nitrogen and oxygen atoms in total. The smallest absolute Gasteiger partial charge is 0.177 e. The van der Waals surface area contributed by atoms with Crippen LogP contribution in [0, 0.1) is 5.92 Å². The predicted molar refractivity (Wildman–Crippen MR) is 78.2 cm³/mol. The summed E-state index contributed by atoms with van der Waals surface area (Å²) in [7, 11) is -3.37. The molecule has 0 aliphatic rings. The lowest BCUT2D eigenvalue weighted by molar-refractivity contribution is 0.102. The van der Waals surface area contributed by atoms with E-state index >= 15 is 0 Å². The first-order valence-corrected chi connectivity index (χ1v) is 8.33. The molecular weight excluding hydrogens is 260 g/mol. The molecule has 4 heteroatoms. The van der Waals surface area contributed by atoms with Crippen LogP contribution in [0.5, 0.6) is 0 Å². The first kappa shape index (κ1) is 15.9. The third-order valence-corrected chi connectivity index (χ3v) is 5.86. The quantitative estimate of drug-likeness (QED) is 0.754. The number of benzene rings is 1. The van der Waals surface area contributed by atoms with E-state index < -0.39 is 20.8 Å². The molecule has 1 aromatic rings. The highest BCUT2D eigenvalue weighted by atomic mass is 32.2. The van der Waals surface area contributed by atoms with Gasteiger partial charge in [0.1, 0.15) is 5.75 Å². The van der Waals surface area contributed by atoms with Crippen LogP contribution in [0.25, 0.3) is 0 Å². The topological polar surface area (TPSA) is 51.2 Å². The first-order valence-electron chi connectivity index (χ1n) is 6.61. The number of hydrogen-bond donors (Lipinski definition) is 0. The number of carbonyl (C=O) groups is 1. The molecule has 0 bridgehead atoms. The van der Waals surface area contributed by atoms with Crippen LogP contribution in [0.2, 0.25) is 0 Å². The molecular formula is C15H22O3S. The Morgan fingerprint density at radius 2 is 1.63 bits per heavy atom. The summed E-state index contributed by atoms with van der Waals surface area (Å²) in [6.07, 6.45) is 0.900. The molecule has 1 rings (SSSR count). The van der Waals surface area contributed by atoms with E-state index in [1.807, 2.05) is 32.9 Å². The lowest BCUT2D eigenvalue weighted by Gasteiger charge is -2.15. The van der Waals surface area contributed by atoms with Crippen molar-refractivity contribution in [3.8, 4) is 0 Å². The Labute approximate surface area is 116 Å². The van der Waals surface area contributed by atoms with Crippen LogP contribution in [0.15, 0.2) is 24.3 Å². The number of hydrogen-bond acceptors (Lipinski definition) is 3. The molecule has 1 unspecified atom stereocenters. The highest BCUT2D eigenvalue weighted by molar-refractivity contribution is 7.92. The minimum Gasteiger partial charge on any atom is -0.293 e. The Balaban J connectivity index is 2.84. The number of carbonyl (C=O) groups excluding carboxylic acids is 1. The summed E-state index contributed by atoms with van der Waals surface area (Å²) in [4.78, 5) is 12.0. The molecule has 0 amide bonds. The maximum Gasteiger partial charge on any atom is 0.177 e. The van der Waals surface area contributed by atoms with Crippen molar-refractivity contribution in [3.05, 3.63) is 35.4 Å². The van der Waals surface area contributed by atoms with Gasteiger partial charge in [-0.15, -0.1) is 0 Å². The van der Waals surface area contributed by atoms with Crippen LogP contribution in [-0.2, 0) is 16.3 Å². The maximum absolute atomic E-state index is 12.1. The van der Waals surface area contributed by atoms with Gasteiger partial charge in [-0.05, 0) is 24.8 Å². The summed E-state index contributed by atoms with van der Waals surface area (Å²) in [5.74, 6) is -0.715. The second kappa shape index (κ2) is 6.33. The Morgan fingerprint density at radius 3 is 2.05 bits per heavy atom. The van der Waals surface area contributed by atoms with Gasteiger partial charge in [0.2, 0.25) is 0 Å². The van der Waals surface area contributed by atoms with E-state index in [1.165, 1.54) is 0 Å². The molecule has 0 aromatic heterocycles. The summed E-state index contributed by atoms with van der Waals surface area (Å²) >= 11 is 0. The minimum absolute atomic E-state index is 0.0141. The molecule has 0 saturated carbocycles. The highest BCUT2D eigenvalue weighted by Gasteiger charge is 2.27. The SMILES string of the molecule is CCc1ccc(C(=O)CS(=O)(=O)C(C)C(C)C)cc1. The van der Waals surface area contributed by atoms with E-state index in [0.29, 0.717) is 5.56 Å². The highest BCUT2D eigenvalue weighted by Crippen LogP contribution is 2.15. The monoisotopic (exact) mass is 282 g/mol. The van der Waals surface area contributed by atoms with E-state index in [0.717, 1.165) is 12.0 Å². The van der Waals surface area contributed by atoms with Crippen molar-refractivity contribution in [1.29, 1.82) is 0 Å². The van der Waals surface area contributed by atoms with E-state index in [2.05, 4.69) is 0 Å². The van der Waals surface area contributed by atoms with Crippen molar-refractivity contribution in [3.63, 3.8) is 0 Å². The average Bonchev–Trinajstić information content (AvgIpc) is 2.37. The average molecular weight is 282 g/mol. The number of Topliss-reactive ketones (excluding diaryl/α,β-unsaturated/α-hetero) is 1. The van der Waals surface area contributed by atoms with Crippen molar-refractivity contribution in [2.24, 2.45) is 5.92 Å². The number of aryl methyl sites for hydroxylation is 1. The van der Waals surface area contributed by atoms with Crippen LogP contribution >= 0.6 is 0 Å². The Kier molecular flexibility index (Phi) is 5.29. The van der Waals surface area contributed by atoms with Crippen molar-refractivity contribution < 1.29 is 13.2 Å². The van der Waals surface area contributed by atoms with E-state index in [9.17, 15) is 13.2 Å². The second-order valence-corrected chi connectivity index (χ2v) is 7.59. The molecule has 0 fully saturated rings. The lowest BCUT2D eigenvalue weighted by Crippen LogP contribution is -2.29. The van der Waals surface area contributed by atoms with Crippen LogP contribution in [0.1, 0.15) is 43.6 Å². The summed E-state index contributed by atoms with van der Waals surface area (Å²) in [6.45, 7) is 7.39. The number of ketones is 1. The Morgan fingerprint density at radius 1 is 1.11 bits per heavy atom. The molecule has 1 atom stereocenters. The van der Waals surface area contributed by atoms with Crippen molar-refractivity contribution in [2.45, 2.75) is 39.4 Å². The zero-order chi connectivity index (χ0) is 14.6. The third-order valence-electron chi connectivity index (χ3n) is 3.52. The molecule has 19 heavy (non-hydrogen) atoms. The molecule has 0 saturated heterocycles. The minimum atomic E-state index is -3.37. The van der Waals surface area contributed by atoms with Gasteiger partial charge in [-0.3, -0.25) is 4.79 Å². The van der Waals surface area contributed by atoms with Gasteiger partial charge in [-0.2, -0.15) is 0 Å². The van der Waals surface area contributed by atoms with Crippen molar-refractivity contribution >= 4 is 15.6 Å². The van der Waals surface area contributed by atoms with Crippen molar-refractivity contribution in [1.82, 2.24) is 0 Å². The summed E-state index contributed by atoms with van der Waals surface area (Å²) in [5, 5.41) is -0.494. The summed E-state index contributed by atoms with van der Waals surface area (Å²) in [6, 6.07) is 7.14. The molecule has 1 aromatic carbocycles.